The maximum Gasteiger partial charge on any atom is 0.136 e. The number of hydrogen-bond acceptors (Lipinski definition) is 0. The van der Waals surface area contributed by atoms with E-state index in [1.54, 1.807) is 19.1 Å². The highest BCUT2D eigenvalue weighted by atomic mass is 127. The van der Waals surface area contributed by atoms with Crippen molar-refractivity contribution in [1.29, 1.82) is 0 Å². The lowest BCUT2D eigenvalue weighted by Crippen LogP contribution is -1.96. The smallest absolute Gasteiger partial charge is 0.136 e. The molecule has 0 amide bonds. The zero-order chi connectivity index (χ0) is 9.14. The van der Waals surface area contributed by atoms with Gasteiger partial charge >= 0.3 is 0 Å². The third-order valence-corrected chi connectivity index (χ3v) is 2.62. The van der Waals surface area contributed by atoms with Gasteiger partial charge in [0.25, 0.3) is 0 Å². The van der Waals surface area contributed by atoms with Gasteiger partial charge in [0.05, 0.1) is 6.67 Å². The first kappa shape index (κ1) is 9.89. The Morgan fingerprint density at radius 3 is 2.67 bits per heavy atom. The fraction of sp³-hybridized carbons (Fsp3) is 0.333. The second kappa shape index (κ2) is 4.16. The van der Waals surface area contributed by atoms with Crippen LogP contribution in [0.3, 0.4) is 0 Å². The molecule has 0 heterocycles. The van der Waals surface area contributed by atoms with Gasteiger partial charge in [-0.1, -0.05) is 13.0 Å². The number of benzene rings is 1. The second-order valence-corrected chi connectivity index (χ2v) is 3.89. The van der Waals surface area contributed by atoms with Gasteiger partial charge in [-0.3, -0.25) is 4.39 Å². The van der Waals surface area contributed by atoms with Crippen LogP contribution in [0.5, 0.6) is 0 Å². The van der Waals surface area contributed by atoms with Crippen LogP contribution in [0.1, 0.15) is 18.4 Å². The Bertz CT molecular complexity index is 273. The lowest BCUT2D eigenvalue weighted by Gasteiger charge is -2.06. The Hall–Kier alpha value is -0.190. The van der Waals surface area contributed by atoms with Crippen LogP contribution < -0.4 is 0 Å². The number of alkyl halides is 1. The van der Waals surface area contributed by atoms with Crippen LogP contribution in [-0.4, -0.2) is 6.67 Å². The SMILES string of the molecule is CC(CF)c1ccc(I)c(F)c1. The summed E-state index contributed by atoms with van der Waals surface area (Å²) in [5, 5.41) is 0. The Kier molecular flexibility index (Phi) is 3.43. The first-order valence-corrected chi connectivity index (χ1v) is 4.74. The molecule has 1 aromatic rings. The lowest BCUT2D eigenvalue weighted by molar-refractivity contribution is 0.446. The fourth-order valence-electron chi connectivity index (χ4n) is 0.908. The summed E-state index contributed by atoms with van der Waals surface area (Å²) >= 11 is 1.91. The van der Waals surface area contributed by atoms with Gasteiger partial charge in [-0.15, -0.1) is 0 Å². The first-order valence-electron chi connectivity index (χ1n) is 3.66. The van der Waals surface area contributed by atoms with Crippen molar-refractivity contribution in [2.45, 2.75) is 12.8 Å². The van der Waals surface area contributed by atoms with E-state index >= 15 is 0 Å². The van der Waals surface area contributed by atoms with Crippen molar-refractivity contribution in [2.75, 3.05) is 6.67 Å². The summed E-state index contributed by atoms with van der Waals surface area (Å²) in [4.78, 5) is 0. The highest BCUT2D eigenvalue weighted by Crippen LogP contribution is 2.19. The topological polar surface area (TPSA) is 0 Å². The van der Waals surface area contributed by atoms with E-state index in [4.69, 9.17) is 0 Å². The molecule has 12 heavy (non-hydrogen) atoms. The molecular weight excluding hydrogens is 273 g/mol. The van der Waals surface area contributed by atoms with Crippen LogP contribution in [0.4, 0.5) is 8.78 Å². The van der Waals surface area contributed by atoms with Gasteiger partial charge < -0.3 is 0 Å². The van der Waals surface area contributed by atoms with Crippen molar-refractivity contribution < 1.29 is 8.78 Å². The molecule has 0 bridgehead atoms. The zero-order valence-electron chi connectivity index (χ0n) is 6.65. The molecule has 0 aliphatic heterocycles. The van der Waals surface area contributed by atoms with Gasteiger partial charge in [0.1, 0.15) is 5.82 Å². The maximum atomic E-state index is 12.9. The van der Waals surface area contributed by atoms with E-state index in [9.17, 15) is 8.78 Å². The molecule has 0 nitrogen and oxygen atoms in total. The minimum Gasteiger partial charge on any atom is -0.250 e. The van der Waals surface area contributed by atoms with E-state index in [1.165, 1.54) is 6.07 Å². The predicted molar refractivity (Wildman–Crippen MR) is 53.5 cm³/mol. The second-order valence-electron chi connectivity index (χ2n) is 2.73. The van der Waals surface area contributed by atoms with Crippen LogP contribution in [0.2, 0.25) is 0 Å². The Balaban J connectivity index is 2.96. The van der Waals surface area contributed by atoms with Gasteiger partial charge in [-0.25, -0.2) is 4.39 Å². The Labute approximate surface area is 84.1 Å². The summed E-state index contributed by atoms with van der Waals surface area (Å²) in [6, 6.07) is 4.82. The van der Waals surface area contributed by atoms with Gasteiger partial charge in [0, 0.05) is 9.49 Å². The van der Waals surface area contributed by atoms with Crippen molar-refractivity contribution in [2.24, 2.45) is 0 Å². The molecule has 3 heteroatoms. The minimum absolute atomic E-state index is 0.212. The molecule has 0 saturated heterocycles. The molecule has 1 atom stereocenters. The summed E-state index contributed by atoms with van der Waals surface area (Å²) in [7, 11) is 0. The quantitative estimate of drug-likeness (QED) is 0.728. The highest BCUT2D eigenvalue weighted by Gasteiger charge is 2.07. The predicted octanol–water partition coefficient (Wildman–Crippen LogP) is 3.50. The van der Waals surface area contributed by atoms with E-state index < -0.39 is 6.67 Å². The normalized spacial score (nSPS) is 13.0. The van der Waals surface area contributed by atoms with Crippen molar-refractivity contribution >= 4 is 22.6 Å². The molecule has 0 spiro atoms. The first-order chi connectivity index (χ1) is 5.65. The van der Waals surface area contributed by atoms with Crippen LogP contribution in [0.15, 0.2) is 18.2 Å². The van der Waals surface area contributed by atoms with E-state index in [1.807, 2.05) is 22.6 Å². The Morgan fingerprint density at radius 2 is 2.17 bits per heavy atom. The summed E-state index contributed by atoms with van der Waals surface area (Å²) in [6.45, 7) is 1.29. The van der Waals surface area contributed by atoms with Crippen molar-refractivity contribution in [3.8, 4) is 0 Å². The number of rotatable bonds is 2. The van der Waals surface area contributed by atoms with E-state index in [0.717, 1.165) is 5.56 Å². The van der Waals surface area contributed by atoms with E-state index in [2.05, 4.69) is 0 Å². The molecule has 0 N–H and O–H groups in total. The molecular formula is C9H9F2I. The molecule has 0 aliphatic carbocycles. The van der Waals surface area contributed by atoms with Gasteiger partial charge in [-0.2, -0.15) is 0 Å². The molecule has 0 saturated carbocycles. The summed E-state index contributed by atoms with van der Waals surface area (Å²) in [5.74, 6) is -0.482. The number of hydrogen-bond donors (Lipinski definition) is 0. The van der Waals surface area contributed by atoms with Gasteiger partial charge in [0.2, 0.25) is 0 Å². The molecule has 0 aliphatic rings. The summed E-state index contributed by atoms with van der Waals surface area (Å²) in [6.07, 6.45) is 0. The molecule has 1 aromatic carbocycles. The average molecular weight is 282 g/mol. The number of halogens is 3. The lowest BCUT2D eigenvalue weighted by atomic mass is 10.0. The summed E-state index contributed by atoms with van der Waals surface area (Å²) < 4.78 is 25.7. The van der Waals surface area contributed by atoms with Crippen molar-refractivity contribution in [3.63, 3.8) is 0 Å². The van der Waals surface area contributed by atoms with Crippen LogP contribution in [0, 0.1) is 9.39 Å². The summed E-state index contributed by atoms with van der Waals surface area (Å²) in [5.41, 5.74) is 0.718. The molecule has 0 fully saturated rings. The molecule has 0 aromatic heterocycles. The molecule has 1 rings (SSSR count). The van der Waals surface area contributed by atoms with Crippen LogP contribution in [-0.2, 0) is 0 Å². The van der Waals surface area contributed by atoms with Crippen LogP contribution >= 0.6 is 22.6 Å². The van der Waals surface area contributed by atoms with Crippen LogP contribution in [0.25, 0.3) is 0 Å². The van der Waals surface area contributed by atoms with Crippen molar-refractivity contribution in [3.05, 3.63) is 33.1 Å². The standard InChI is InChI=1S/C9H9F2I/c1-6(5-10)7-2-3-9(12)8(11)4-7/h2-4,6H,5H2,1H3. The molecule has 66 valence electrons. The molecule has 1 unspecified atom stereocenters. The zero-order valence-corrected chi connectivity index (χ0v) is 8.81. The van der Waals surface area contributed by atoms with Gasteiger partial charge in [-0.05, 0) is 40.3 Å². The Morgan fingerprint density at radius 1 is 1.50 bits per heavy atom. The maximum absolute atomic E-state index is 12.9. The molecule has 0 radical (unpaired) electrons. The van der Waals surface area contributed by atoms with E-state index in [-0.39, 0.29) is 11.7 Å². The highest BCUT2D eigenvalue weighted by molar-refractivity contribution is 14.1. The fourth-order valence-corrected chi connectivity index (χ4v) is 1.24. The van der Waals surface area contributed by atoms with Crippen molar-refractivity contribution in [1.82, 2.24) is 0 Å². The minimum atomic E-state index is -0.444. The largest absolute Gasteiger partial charge is 0.250 e. The third kappa shape index (κ3) is 2.15. The monoisotopic (exact) mass is 282 g/mol. The van der Waals surface area contributed by atoms with Gasteiger partial charge in [0.15, 0.2) is 0 Å². The third-order valence-electron chi connectivity index (χ3n) is 1.74. The van der Waals surface area contributed by atoms with E-state index in [0.29, 0.717) is 3.57 Å². The average Bonchev–Trinajstić information content (AvgIpc) is 2.08.